The predicted molar refractivity (Wildman–Crippen MR) is 85.2 cm³/mol. The van der Waals surface area contributed by atoms with Gasteiger partial charge < -0.3 is 5.32 Å². The number of benzene rings is 2. The molecule has 100 valence electrons. The standard InChI is InChI=1S/C18H18N2/c1-2-19-17-11-12-20-18-15(9-6-10-16(17)18)13-14-7-4-3-5-8-14/h3-12H,2,13H2,1H3,(H,19,20). The van der Waals surface area contributed by atoms with Crippen LogP contribution >= 0.6 is 0 Å². The van der Waals surface area contributed by atoms with Gasteiger partial charge in [0.05, 0.1) is 5.52 Å². The number of para-hydroxylation sites is 1. The normalized spacial score (nSPS) is 10.7. The smallest absolute Gasteiger partial charge is 0.0758 e. The molecule has 0 fully saturated rings. The first-order chi connectivity index (χ1) is 9.88. The Bertz CT molecular complexity index is 705. The number of aromatic nitrogens is 1. The number of hydrogen-bond acceptors (Lipinski definition) is 2. The molecule has 0 amide bonds. The third-order valence-corrected chi connectivity index (χ3v) is 3.46. The van der Waals surface area contributed by atoms with Gasteiger partial charge in [0.25, 0.3) is 0 Å². The van der Waals surface area contributed by atoms with Crippen molar-refractivity contribution in [3.63, 3.8) is 0 Å². The molecule has 0 aliphatic rings. The summed E-state index contributed by atoms with van der Waals surface area (Å²) in [4.78, 5) is 4.58. The number of hydrogen-bond donors (Lipinski definition) is 1. The van der Waals surface area contributed by atoms with E-state index >= 15 is 0 Å². The van der Waals surface area contributed by atoms with E-state index in [4.69, 9.17) is 0 Å². The van der Waals surface area contributed by atoms with Crippen LogP contribution in [-0.2, 0) is 6.42 Å². The molecule has 0 spiro atoms. The van der Waals surface area contributed by atoms with Gasteiger partial charge in [-0.3, -0.25) is 4.98 Å². The van der Waals surface area contributed by atoms with Crippen LogP contribution < -0.4 is 5.32 Å². The van der Waals surface area contributed by atoms with E-state index in [2.05, 4.69) is 59.7 Å². The lowest BCUT2D eigenvalue weighted by molar-refractivity contribution is 1.18. The zero-order valence-corrected chi connectivity index (χ0v) is 11.6. The maximum Gasteiger partial charge on any atom is 0.0758 e. The van der Waals surface area contributed by atoms with Crippen LogP contribution in [0.15, 0.2) is 60.8 Å². The third kappa shape index (κ3) is 2.50. The monoisotopic (exact) mass is 262 g/mol. The van der Waals surface area contributed by atoms with Gasteiger partial charge in [-0.05, 0) is 30.5 Å². The van der Waals surface area contributed by atoms with Gasteiger partial charge in [0.1, 0.15) is 0 Å². The first-order valence-electron chi connectivity index (χ1n) is 7.03. The zero-order chi connectivity index (χ0) is 13.8. The molecule has 3 aromatic rings. The summed E-state index contributed by atoms with van der Waals surface area (Å²) in [7, 11) is 0. The fourth-order valence-electron chi connectivity index (χ4n) is 2.54. The number of pyridine rings is 1. The third-order valence-electron chi connectivity index (χ3n) is 3.46. The van der Waals surface area contributed by atoms with Crippen LogP contribution in [0, 0.1) is 0 Å². The molecule has 0 unspecified atom stereocenters. The number of nitrogens with zero attached hydrogens (tertiary/aromatic N) is 1. The minimum Gasteiger partial charge on any atom is -0.385 e. The summed E-state index contributed by atoms with van der Waals surface area (Å²) in [5.74, 6) is 0. The van der Waals surface area contributed by atoms with Gasteiger partial charge in [0.2, 0.25) is 0 Å². The summed E-state index contributed by atoms with van der Waals surface area (Å²) >= 11 is 0. The van der Waals surface area contributed by atoms with Gasteiger partial charge in [0, 0.05) is 23.8 Å². The van der Waals surface area contributed by atoms with Crippen molar-refractivity contribution >= 4 is 16.6 Å². The van der Waals surface area contributed by atoms with Gasteiger partial charge in [-0.25, -0.2) is 0 Å². The average Bonchev–Trinajstić information content (AvgIpc) is 2.50. The summed E-state index contributed by atoms with van der Waals surface area (Å²) in [6.45, 7) is 3.03. The molecule has 2 nitrogen and oxygen atoms in total. The SMILES string of the molecule is CCNc1ccnc2c(Cc3ccccc3)cccc12. The fraction of sp³-hybridized carbons (Fsp3) is 0.167. The average molecular weight is 262 g/mol. The van der Waals surface area contributed by atoms with Crippen LogP contribution in [0.3, 0.4) is 0 Å². The number of fused-ring (bicyclic) bond motifs is 1. The van der Waals surface area contributed by atoms with Gasteiger partial charge in [0.15, 0.2) is 0 Å². The maximum absolute atomic E-state index is 4.58. The van der Waals surface area contributed by atoms with Gasteiger partial charge in [-0.2, -0.15) is 0 Å². The van der Waals surface area contributed by atoms with Crippen LogP contribution in [0.5, 0.6) is 0 Å². The summed E-state index contributed by atoms with van der Waals surface area (Å²) < 4.78 is 0. The molecule has 1 aromatic heterocycles. The van der Waals surface area contributed by atoms with E-state index in [-0.39, 0.29) is 0 Å². The highest BCUT2D eigenvalue weighted by Gasteiger charge is 2.06. The summed E-state index contributed by atoms with van der Waals surface area (Å²) in [6.07, 6.45) is 2.80. The molecule has 1 heterocycles. The summed E-state index contributed by atoms with van der Waals surface area (Å²) in [5, 5.41) is 4.60. The molecule has 0 bridgehead atoms. The molecule has 0 aliphatic carbocycles. The van der Waals surface area contributed by atoms with Crippen molar-refractivity contribution in [3.05, 3.63) is 71.9 Å². The van der Waals surface area contributed by atoms with Crippen LogP contribution in [0.1, 0.15) is 18.1 Å². The molecule has 0 radical (unpaired) electrons. The molecular weight excluding hydrogens is 244 g/mol. The lowest BCUT2D eigenvalue weighted by Crippen LogP contribution is -1.99. The number of rotatable bonds is 4. The summed E-state index contributed by atoms with van der Waals surface area (Å²) in [5.41, 5.74) is 4.84. The van der Waals surface area contributed by atoms with E-state index in [9.17, 15) is 0 Å². The molecule has 0 saturated heterocycles. The van der Waals surface area contributed by atoms with Crippen LogP contribution in [0.4, 0.5) is 5.69 Å². The largest absolute Gasteiger partial charge is 0.385 e. The van der Waals surface area contributed by atoms with Crippen molar-refractivity contribution in [2.24, 2.45) is 0 Å². The van der Waals surface area contributed by atoms with Crippen LogP contribution in [-0.4, -0.2) is 11.5 Å². The highest BCUT2D eigenvalue weighted by atomic mass is 14.9. The van der Waals surface area contributed by atoms with Crippen molar-refractivity contribution in [3.8, 4) is 0 Å². The van der Waals surface area contributed by atoms with E-state index in [1.807, 2.05) is 18.3 Å². The second kappa shape index (κ2) is 5.74. The Hall–Kier alpha value is -2.35. The number of nitrogens with one attached hydrogen (secondary N) is 1. The van der Waals surface area contributed by atoms with E-state index < -0.39 is 0 Å². The topological polar surface area (TPSA) is 24.9 Å². The zero-order valence-electron chi connectivity index (χ0n) is 11.6. The Morgan fingerprint density at radius 3 is 2.60 bits per heavy atom. The highest BCUT2D eigenvalue weighted by Crippen LogP contribution is 2.25. The van der Waals surface area contributed by atoms with Crippen molar-refractivity contribution < 1.29 is 0 Å². The minimum absolute atomic E-state index is 0.917. The first kappa shape index (κ1) is 12.7. The molecule has 0 aliphatic heterocycles. The second-order valence-corrected chi connectivity index (χ2v) is 4.86. The lowest BCUT2D eigenvalue weighted by atomic mass is 10.0. The molecule has 2 aromatic carbocycles. The Morgan fingerprint density at radius 1 is 0.950 bits per heavy atom. The number of anilines is 1. The van der Waals surface area contributed by atoms with Crippen molar-refractivity contribution in [2.45, 2.75) is 13.3 Å². The molecule has 20 heavy (non-hydrogen) atoms. The molecule has 1 N–H and O–H groups in total. The van der Waals surface area contributed by atoms with E-state index in [0.717, 1.165) is 24.2 Å². The van der Waals surface area contributed by atoms with Gasteiger partial charge >= 0.3 is 0 Å². The van der Waals surface area contributed by atoms with E-state index in [1.54, 1.807) is 0 Å². The van der Waals surface area contributed by atoms with Crippen molar-refractivity contribution in [2.75, 3.05) is 11.9 Å². The Labute approximate surface area is 119 Å². The van der Waals surface area contributed by atoms with Crippen molar-refractivity contribution in [1.29, 1.82) is 0 Å². The van der Waals surface area contributed by atoms with E-state index in [0.29, 0.717) is 0 Å². The first-order valence-corrected chi connectivity index (χ1v) is 7.03. The molecule has 0 atom stereocenters. The lowest BCUT2D eigenvalue weighted by Gasteiger charge is -2.10. The maximum atomic E-state index is 4.58. The summed E-state index contributed by atoms with van der Waals surface area (Å²) in [6, 6.07) is 19.0. The quantitative estimate of drug-likeness (QED) is 0.760. The fourth-order valence-corrected chi connectivity index (χ4v) is 2.54. The van der Waals surface area contributed by atoms with Crippen molar-refractivity contribution in [1.82, 2.24) is 4.98 Å². The Morgan fingerprint density at radius 2 is 1.80 bits per heavy atom. The molecule has 0 saturated carbocycles. The predicted octanol–water partition coefficient (Wildman–Crippen LogP) is 4.26. The molecular formula is C18H18N2. The van der Waals surface area contributed by atoms with Crippen LogP contribution in [0.2, 0.25) is 0 Å². The Kier molecular flexibility index (Phi) is 3.64. The van der Waals surface area contributed by atoms with Crippen LogP contribution in [0.25, 0.3) is 10.9 Å². The minimum atomic E-state index is 0.917. The molecule has 2 heteroatoms. The highest BCUT2D eigenvalue weighted by molar-refractivity contribution is 5.93. The van der Waals surface area contributed by atoms with E-state index in [1.165, 1.54) is 16.5 Å². The Balaban J connectivity index is 2.06. The molecule has 3 rings (SSSR count). The van der Waals surface area contributed by atoms with Gasteiger partial charge in [-0.15, -0.1) is 0 Å². The second-order valence-electron chi connectivity index (χ2n) is 4.86. The van der Waals surface area contributed by atoms with Gasteiger partial charge in [-0.1, -0.05) is 48.5 Å².